The molecule has 85 valence electrons. The lowest BCUT2D eigenvalue weighted by Gasteiger charge is -2.09. The van der Waals surface area contributed by atoms with Crippen LogP contribution in [0.15, 0.2) is 30.3 Å². The van der Waals surface area contributed by atoms with Crippen LogP contribution >= 0.6 is 0 Å². The molecule has 0 fully saturated rings. The summed E-state index contributed by atoms with van der Waals surface area (Å²) in [6.45, 7) is 0.696. The lowest BCUT2D eigenvalue weighted by molar-refractivity contribution is 0.0110. The molecule has 0 saturated carbocycles. The van der Waals surface area contributed by atoms with E-state index < -0.39 is 12.1 Å². The van der Waals surface area contributed by atoms with Crippen LogP contribution in [0.1, 0.15) is 10.4 Å². The lowest BCUT2D eigenvalue weighted by atomic mass is 10.2. The molecule has 0 spiro atoms. The van der Waals surface area contributed by atoms with Crippen molar-refractivity contribution in [2.24, 2.45) is 0 Å². The molecule has 0 saturated heterocycles. The summed E-state index contributed by atoms with van der Waals surface area (Å²) in [7, 11) is 0. The molecule has 0 amide bonds. The van der Waals surface area contributed by atoms with Crippen molar-refractivity contribution in [2.45, 2.75) is 6.10 Å². The van der Waals surface area contributed by atoms with Crippen LogP contribution in [0, 0.1) is 0 Å². The molecule has 16 heavy (non-hydrogen) atoms. The highest BCUT2D eigenvalue weighted by Gasteiger charge is 2.10. The molecule has 0 heterocycles. The quantitative estimate of drug-likeness (QED) is 0.701. The first-order valence-corrected chi connectivity index (χ1v) is 4.63. The van der Waals surface area contributed by atoms with E-state index in [1.165, 1.54) is 6.47 Å². The minimum absolute atomic E-state index is 0.227. The normalized spacial score (nSPS) is 11.6. The summed E-state index contributed by atoms with van der Waals surface area (Å²) in [6.07, 6.45) is -1.03. The maximum absolute atomic E-state index is 11.4. The number of esters is 1. The van der Waals surface area contributed by atoms with Crippen molar-refractivity contribution in [1.82, 2.24) is 0 Å². The Labute approximate surface area is 92.6 Å². The van der Waals surface area contributed by atoms with E-state index in [0.717, 1.165) is 0 Å². The number of hydrogen-bond donors (Lipinski definition) is 1. The van der Waals surface area contributed by atoms with E-state index in [9.17, 15) is 14.7 Å². The molecule has 1 unspecified atom stereocenters. The monoisotopic (exact) mass is 223 g/mol. The van der Waals surface area contributed by atoms with E-state index in [1.807, 2.05) is 0 Å². The van der Waals surface area contributed by atoms with Crippen LogP contribution < -0.4 is 0 Å². The molecule has 0 aliphatic carbocycles. The molecule has 0 bridgehead atoms. The van der Waals surface area contributed by atoms with Gasteiger partial charge in [0.25, 0.3) is 0 Å². The van der Waals surface area contributed by atoms with Crippen LogP contribution in [0.5, 0.6) is 0 Å². The van der Waals surface area contributed by atoms with Gasteiger partial charge in [0.05, 0.1) is 5.56 Å². The van der Waals surface area contributed by atoms with E-state index in [4.69, 9.17) is 4.74 Å². The molecular formula is C11H11O5. The molecule has 0 aliphatic heterocycles. The molecule has 1 aromatic rings. The fourth-order valence-corrected chi connectivity index (χ4v) is 1.01. The lowest BCUT2D eigenvalue weighted by Crippen LogP contribution is -2.23. The van der Waals surface area contributed by atoms with E-state index in [2.05, 4.69) is 4.74 Å². The summed E-state index contributed by atoms with van der Waals surface area (Å²) in [5.74, 6) is -0.533. The minimum atomic E-state index is -1.03. The van der Waals surface area contributed by atoms with E-state index in [1.54, 1.807) is 30.3 Å². The third-order valence-corrected chi connectivity index (χ3v) is 1.75. The van der Waals surface area contributed by atoms with Crippen LogP contribution in [0.25, 0.3) is 0 Å². The first-order valence-electron chi connectivity index (χ1n) is 4.63. The number of hydrogen-bond acceptors (Lipinski definition) is 5. The fraction of sp³-hybridized carbons (Fsp3) is 0.273. The second kappa shape index (κ2) is 6.58. The van der Waals surface area contributed by atoms with E-state index in [-0.39, 0.29) is 13.2 Å². The van der Waals surface area contributed by atoms with Gasteiger partial charge < -0.3 is 14.6 Å². The zero-order chi connectivity index (χ0) is 11.8. The molecule has 5 nitrogen and oxygen atoms in total. The smallest absolute Gasteiger partial charge is 0.417 e. The number of rotatable bonds is 6. The van der Waals surface area contributed by atoms with E-state index in [0.29, 0.717) is 5.56 Å². The van der Waals surface area contributed by atoms with Gasteiger partial charge in [-0.15, -0.1) is 0 Å². The Kier molecular flexibility index (Phi) is 5.01. The zero-order valence-electron chi connectivity index (χ0n) is 8.46. The van der Waals surface area contributed by atoms with Gasteiger partial charge in [-0.1, -0.05) is 18.2 Å². The van der Waals surface area contributed by atoms with Crippen LogP contribution in [0.4, 0.5) is 0 Å². The molecule has 0 aromatic heterocycles. The van der Waals surface area contributed by atoms with Crippen molar-refractivity contribution < 1.29 is 24.2 Å². The van der Waals surface area contributed by atoms with Crippen molar-refractivity contribution in [1.29, 1.82) is 0 Å². The molecule has 1 atom stereocenters. The highest BCUT2D eigenvalue weighted by atomic mass is 16.6. The van der Waals surface area contributed by atoms with Crippen molar-refractivity contribution in [2.75, 3.05) is 13.2 Å². The second-order valence-electron chi connectivity index (χ2n) is 3.01. The number of aliphatic hydroxyl groups is 1. The van der Waals surface area contributed by atoms with Crippen molar-refractivity contribution in [3.8, 4) is 0 Å². The van der Waals surface area contributed by atoms with Crippen LogP contribution in [-0.4, -0.2) is 36.9 Å². The van der Waals surface area contributed by atoms with Gasteiger partial charge in [-0.3, -0.25) is 0 Å². The molecule has 1 N–H and O–H groups in total. The largest absolute Gasteiger partial charge is 0.459 e. The predicted octanol–water partition coefficient (Wildman–Crippen LogP) is 0.288. The number of carbonyl (C=O) groups excluding carboxylic acids is 2. The molecule has 1 radical (unpaired) electrons. The summed E-state index contributed by atoms with van der Waals surface area (Å²) in [5.41, 5.74) is 0.401. The van der Waals surface area contributed by atoms with Crippen LogP contribution in [0.2, 0.25) is 0 Å². The Balaban J connectivity index is 2.33. The summed E-state index contributed by atoms with van der Waals surface area (Å²) >= 11 is 0. The van der Waals surface area contributed by atoms with Gasteiger partial charge in [0.15, 0.2) is 0 Å². The Morgan fingerprint density at radius 1 is 1.31 bits per heavy atom. The number of ether oxygens (including phenoxy) is 2. The first-order chi connectivity index (χ1) is 7.74. The van der Waals surface area contributed by atoms with E-state index >= 15 is 0 Å². The minimum Gasteiger partial charge on any atom is -0.459 e. The molecule has 1 rings (SSSR count). The van der Waals surface area contributed by atoms with Gasteiger partial charge in [0, 0.05) is 0 Å². The van der Waals surface area contributed by atoms with Gasteiger partial charge in [-0.05, 0) is 12.1 Å². The summed E-state index contributed by atoms with van der Waals surface area (Å²) in [5, 5.41) is 9.19. The summed E-state index contributed by atoms with van der Waals surface area (Å²) < 4.78 is 8.97. The fourth-order valence-electron chi connectivity index (χ4n) is 1.01. The Morgan fingerprint density at radius 3 is 2.62 bits per heavy atom. The zero-order valence-corrected chi connectivity index (χ0v) is 8.46. The van der Waals surface area contributed by atoms with Crippen molar-refractivity contribution in [3.05, 3.63) is 35.9 Å². The number of aliphatic hydroxyl groups excluding tert-OH is 1. The highest BCUT2D eigenvalue weighted by Crippen LogP contribution is 2.01. The topological polar surface area (TPSA) is 72.8 Å². The van der Waals surface area contributed by atoms with Crippen molar-refractivity contribution in [3.63, 3.8) is 0 Å². The third kappa shape index (κ3) is 4.10. The maximum Gasteiger partial charge on any atom is 0.417 e. The average molecular weight is 223 g/mol. The second-order valence-corrected chi connectivity index (χ2v) is 3.01. The Morgan fingerprint density at radius 2 is 2.00 bits per heavy atom. The molecule has 0 aliphatic rings. The van der Waals surface area contributed by atoms with Crippen molar-refractivity contribution >= 4 is 12.4 Å². The first kappa shape index (κ1) is 12.2. The Hall–Kier alpha value is -1.88. The molecular weight excluding hydrogens is 212 g/mol. The van der Waals surface area contributed by atoms with Gasteiger partial charge in [-0.25, -0.2) is 9.59 Å². The third-order valence-electron chi connectivity index (χ3n) is 1.75. The van der Waals surface area contributed by atoms with Gasteiger partial charge in [0.2, 0.25) is 0 Å². The molecule has 1 aromatic carbocycles. The van der Waals surface area contributed by atoms with Crippen LogP contribution in [-0.2, 0) is 14.3 Å². The summed E-state index contributed by atoms with van der Waals surface area (Å²) in [4.78, 5) is 21.1. The SMILES string of the molecule is O=[C]OCC(O)COC(=O)c1ccccc1. The highest BCUT2D eigenvalue weighted by molar-refractivity contribution is 5.89. The standard InChI is InChI=1S/C11H11O5/c12-8-15-6-10(13)7-16-11(14)9-4-2-1-3-5-9/h1-5,10,13H,6-7H2. The van der Waals surface area contributed by atoms with Crippen LogP contribution in [0.3, 0.4) is 0 Å². The van der Waals surface area contributed by atoms with Gasteiger partial charge in [-0.2, -0.15) is 0 Å². The number of carbonyl (C=O) groups is 1. The predicted molar refractivity (Wildman–Crippen MR) is 54.4 cm³/mol. The van der Waals surface area contributed by atoms with Gasteiger partial charge >= 0.3 is 12.4 Å². The summed E-state index contributed by atoms with van der Waals surface area (Å²) in [6, 6.07) is 8.39. The Bertz CT molecular complexity index is 335. The van der Waals surface area contributed by atoms with Gasteiger partial charge in [0.1, 0.15) is 19.3 Å². The maximum atomic E-state index is 11.4. The number of benzene rings is 1. The average Bonchev–Trinajstić information content (AvgIpc) is 2.34. The molecule has 5 heteroatoms.